The van der Waals surface area contributed by atoms with E-state index in [2.05, 4.69) is 21.0 Å². The van der Waals surface area contributed by atoms with E-state index in [4.69, 9.17) is 0 Å². The first-order valence-corrected chi connectivity index (χ1v) is 5.79. The van der Waals surface area contributed by atoms with Crippen LogP contribution in [0.25, 0.3) is 10.9 Å². The van der Waals surface area contributed by atoms with Crippen molar-refractivity contribution in [2.75, 3.05) is 0 Å². The summed E-state index contributed by atoms with van der Waals surface area (Å²) in [5.41, 5.74) is 0.754. The van der Waals surface area contributed by atoms with Gasteiger partial charge in [0.25, 0.3) is 5.69 Å². The van der Waals surface area contributed by atoms with E-state index in [1.54, 1.807) is 10.7 Å². The molecule has 16 heavy (non-hydrogen) atoms. The summed E-state index contributed by atoms with van der Waals surface area (Å²) >= 11 is 3.34. The maximum Gasteiger partial charge on any atom is 0.295 e. The Morgan fingerprint density at radius 3 is 2.88 bits per heavy atom. The highest BCUT2D eigenvalue weighted by atomic mass is 79.9. The Morgan fingerprint density at radius 1 is 1.50 bits per heavy atom. The molecule has 0 saturated heterocycles. The largest absolute Gasteiger partial charge is 0.295 e. The molecule has 0 radical (unpaired) electrons. The number of non-ortho nitro benzene ring substituents is 1. The normalized spacial score (nSPS) is 15.6. The first-order chi connectivity index (χ1) is 7.68. The first kappa shape index (κ1) is 9.77. The molecule has 1 aliphatic carbocycles. The fourth-order valence-electron chi connectivity index (χ4n) is 1.87. The van der Waals surface area contributed by atoms with Crippen molar-refractivity contribution in [1.82, 2.24) is 9.78 Å². The number of rotatable bonds is 2. The Balaban J connectivity index is 2.38. The first-order valence-electron chi connectivity index (χ1n) is 4.99. The third kappa shape index (κ3) is 1.33. The molecule has 0 amide bonds. The molecule has 1 fully saturated rings. The quantitative estimate of drug-likeness (QED) is 0.628. The van der Waals surface area contributed by atoms with Gasteiger partial charge in [-0.2, -0.15) is 5.10 Å². The number of nitro groups is 1. The van der Waals surface area contributed by atoms with Crippen LogP contribution in [0.15, 0.2) is 22.8 Å². The van der Waals surface area contributed by atoms with Crippen molar-refractivity contribution >= 4 is 32.5 Å². The zero-order chi connectivity index (χ0) is 11.3. The monoisotopic (exact) mass is 281 g/mol. The third-order valence-corrected chi connectivity index (χ3v) is 3.34. The van der Waals surface area contributed by atoms with Gasteiger partial charge >= 0.3 is 0 Å². The van der Waals surface area contributed by atoms with Gasteiger partial charge in [0.1, 0.15) is 10.1 Å². The number of hydrogen-bond acceptors (Lipinski definition) is 3. The molecule has 0 spiro atoms. The van der Waals surface area contributed by atoms with Gasteiger partial charge < -0.3 is 0 Å². The lowest BCUT2D eigenvalue weighted by Gasteiger charge is -2.00. The van der Waals surface area contributed by atoms with Crippen molar-refractivity contribution < 1.29 is 4.92 Å². The summed E-state index contributed by atoms with van der Waals surface area (Å²) in [5, 5.41) is 16.1. The zero-order valence-corrected chi connectivity index (χ0v) is 9.85. The molecule has 1 aromatic heterocycles. The van der Waals surface area contributed by atoms with Gasteiger partial charge in [-0.1, -0.05) is 6.07 Å². The van der Waals surface area contributed by atoms with Gasteiger partial charge in [0.2, 0.25) is 0 Å². The number of fused-ring (bicyclic) bond motifs is 1. The van der Waals surface area contributed by atoms with Crippen molar-refractivity contribution in [3.05, 3.63) is 32.9 Å². The predicted molar refractivity (Wildman–Crippen MR) is 62.4 cm³/mol. The van der Waals surface area contributed by atoms with Crippen LogP contribution in [0.2, 0.25) is 0 Å². The standard InChI is InChI=1S/C10H8BrN3O2/c11-10-7-2-1-3-8(14(15)16)9(7)13(12-10)6-4-5-6/h1-3,6H,4-5H2. The molecule has 0 bridgehead atoms. The summed E-state index contributed by atoms with van der Waals surface area (Å²) in [6.07, 6.45) is 2.10. The smallest absolute Gasteiger partial charge is 0.258 e. The van der Waals surface area contributed by atoms with Gasteiger partial charge in [-0.3, -0.25) is 14.8 Å². The number of benzene rings is 1. The fourth-order valence-corrected chi connectivity index (χ4v) is 2.36. The van der Waals surface area contributed by atoms with E-state index >= 15 is 0 Å². The zero-order valence-electron chi connectivity index (χ0n) is 8.26. The molecule has 5 nitrogen and oxygen atoms in total. The summed E-state index contributed by atoms with van der Waals surface area (Å²) in [4.78, 5) is 10.6. The van der Waals surface area contributed by atoms with Gasteiger partial charge in [0.05, 0.1) is 11.0 Å². The van der Waals surface area contributed by atoms with E-state index in [1.807, 2.05) is 6.07 Å². The molecule has 3 rings (SSSR count). The topological polar surface area (TPSA) is 61.0 Å². The van der Waals surface area contributed by atoms with E-state index in [0.29, 0.717) is 16.2 Å². The van der Waals surface area contributed by atoms with Gasteiger partial charge in [-0.15, -0.1) is 0 Å². The number of para-hydroxylation sites is 1. The summed E-state index contributed by atoms with van der Waals surface area (Å²) in [6.45, 7) is 0. The van der Waals surface area contributed by atoms with E-state index in [1.165, 1.54) is 6.07 Å². The van der Waals surface area contributed by atoms with Crippen LogP contribution in [-0.2, 0) is 0 Å². The Morgan fingerprint density at radius 2 is 2.25 bits per heavy atom. The van der Waals surface area contributed by atoms with Crippen LogP contribution in [0.3, 0.4) is 0 Å². The lowest BCUT2D eigenvalue weighted by molar-refractivity contribution is -0.383. The second-order valence-corrected chi connectivity index (χ2v) is 4.65. The van der Waals surface area contributed by atoms with Crippen molar-refractivity contribution in [1.29, 1.82) is 0 Å². The molecule has 0 unspecified atom stereocenters. The Kier molecular flexibility index (Phi) is 2.00. The van der Waals surface area contributed by atoms with Crippen molar-refractivity contribution in [2.24, 2.45) is 0 Å². The lowest BCUT2D eigenvalue weighted by Crippen LogP contribution is -1.99. The molecule has 0 atom stereocenters. The molecular formula is C10H8BrN3O2. The molecule has 82 valence electrons. The number of hydrogen-bond donors (Lipinski definition) is 0. The Hall–Kier alpha value is -1.43. The lowest BCUT2D eigenvalue weighted by atomic mass is 10.2. The van der Waals surface area contributed by atoms with E-state index in [9.17, 15) is 10.1 Å². The highest BCUT2D eigenvalue weighted by molar-refractivity contribution is 9.10. The van der Waals surface area contributed by atoms with Crippen molar-refractivity contribution in [3.63, 3.8) is 0 Å². The third-order valence-electron chi connectivity index (χ3n) is 2.75. The highest BCUT2D eigenvalue weighted by Gasteiger charge is 2.30. The van der Waals surface area contributed by atoms with Gasteiger partial charge in [0.15, 0.2) is 0 Å². The summed E-state index contributed by atoms with van der Waals surface area (Å²) in [6, 6.07) is 5.38. The van der Waals surface area contributed by atoms with Crippen molar-refractivity contribution in [2.45, 2.75) is 18.9 Å². The highest BCUT2D eigenvalue weighted by Crippen LogP contribution is 2.41. The van der Waals surface area contributed by atoms with Crippen LogP contribution in [0.1, 0.15) is 18.9 Å². The molecule has 2 aromatic rings. The molecule has 1 heterocycles. The minimum Gasteiger partial charge on any atom is -0.258 e. The number of nitro benzene ring substituents is 1. The summed E-state index contributed by atoms with van der Waals surface area (Å²) in [5.74, 6) is 0. The number of nitrogens with zero attached hydrogens (tertiary/aromatic N) is 3. The maximum atomic E-state index is 11.0. The Bertz CT molecular complexity index is 589. The summed E-state index contributed by atoms with van der Waals surface area (Å²) < 4.78 is 2.45. The van der Waals surface area contributed by atoms with Crippen LogP contribution >= 0.6 is 15.9 Å². The van der Waals surface area contributed by atoms with Crippen LogP contribution in [0.4, 0.5) is 5.69 Å². The SMILES string of the molecule is O=[N+]([O-])c1cccc2c(Br)nn(C3CC3)c12. The van der Waals surface area contributed by atoms with Crippen LogP contribution < -0.4 is 0 Å². The van der Waals surface area contributed by atoms with Crippen molar-refractivity contribution in [3.8, 4) is 0 Å². The number of halogens is 1. The van der Waals surface area contributed by atoms with E-state index in [-0.39, 0.29) is 10.6 Å². The van der Waals surface area contributed by atoms with Crippen LogP contribution in [0, 0.1) is 10.1 Å². The second kappa shape index (κ2) is 3.28. The average Bonchev–Trinajstić information content (AvgIpc) is 3.04. The second-order valence-electron chi connectivity index (χ2n) is 3.90. The molecular weight excluding hydrogens is 274 g/mol. The summed E-state index contributed by atoms with van der Waals surface area (Å²) in [7, 11) is 0. The molecule has 6 heteroatoms. The van der Waals surface area contributed by atoms with Gasteiger partial charge in [-0.25, -0.2) is 0 Å². The predicted octanol–water partition coefficient (Wildman–Crippen LogP) is 3.04. The van der Waals surface area contributed by atoms with E-state index < -0.39 is 0 Å². The molecule has 1 aromatic carbocycles. The number of aromatic nitrogens is 2. The average molecular weight is 282 g/mol. The van der Waals surface area contributed by atoms with Gasteiger partial charge in [-0.05, 0) is 34.8 Å². The molecule has 0 N–H and O–H groups in total. The molecule has 0 aliphatic heterocycles. The van der Waals surface area contributed by atoms with E-state index in [0.717, 1.165) is 18.2 Å². The minimum atomic E-state index is -0.352. The molecule has 1 saturated carbocycles. The Labute approximate surface area is 99.3 Å². The van der Waals surface area contributed by atoms with Gasteiger partial charge in [0, 0.05) is 11.5 Å². The van der Waals surface area contributed by atoms with Crippen LogP contribution in [-0.4, -0.2) is 14.7 Å². The fraction of sp³-hybridized carbons (Fsp3) is 0.300. The van der Waals surface area contributed by atoms with Crippen LogP contribution in [0.5, 0.6) is 0 Å². The molecule has 1 aliphatic rings. The minimum absolute atomic E-state index is 0.127. The maximum absolute atomic E-state index is 11.0.